The summed E-state index contributed by atoms with van der Waals surface area (Å²) in [6.45, 7) is -0.0393. The van der Waals surface area contributed by atoms with Crippen molar-refractivity contribution in [2.75, 3.05) is 5.32 Å². The van der Waals surface area contributed by atoms with E-state index in [1.165, 1.54) is 0 Å². The maximum atomic E-state index is 12.1. The Bertz CT molecular complexity index is 812. The topological polar surface area (TPSA) is 67.2 Å². The Morgan fingerprint density at radius 2 is 1.92 bits per heavy atom. The molecular formula is C19H19N3O2. The molecule has 2 aromatic carbocycles. The molecule has 3 aromatic rings. The standard InChI is InChI=1S/C19H19N3O2/c23-14-15-5-4-6-17(11-15)21-19(24)10-9-16-12-20-22(13-16)18-7-2-1-3-8-18/h1-8,11-13,23H,9-10,14H2,(H,21,24). The van der Waals surface area contributed by atoms with E-state index in [0.29, 0.717) is 18.5 Å². The van der Waals surface area contributed by atoms with Crippen LogP contribution >= 0.6 is 0 Å². The molecule has 24 heavy (non-hydrogen) atoms. The minimum Gasteiger partial charge on any atom is -0.392 e. The summed E-state index contributed by atoms with van der Waals surface area (Å²) < 4.78 is 1.80. The van der Waals surface area contributed by atoms with Gasteiger partial charge in [0.15, 0.2) is 0 Å². The molecule has 0 bridgehead atoms. The molecule has 0 saturated heterocycles. The highest BCUT2D eigenvalue weighted by atomic mass is 16.3. The van der Waals surface area contributed by atoms with Gasteiger partial charge in [-0.05, 0) is 41.8 Å². The number of aryl methyl sites for hydroxylation is 1. The van der Waals surface area contributed by atoms with Gasteiger partial charge in [0.1, 0.15) is 0 Å². The number of aromatic nitrogens is 2. The van der Waals surface area contributed by atoms with Gasteiger partial charge in [-0.1, -0.05) is 30.3 Å². The lowest BCUT2D eigenvalue weighted by Gasteiger charge is -2.06. The fraction of sp³-hybridized carbons (Fsp3) is 0.158. The van der Waals surface area contributed by atoms with Crippen molar-refractivity contribution in [1.82, 2.24) is 9.78 Å². The highest BCUT2D eigenvalue weighted by molar-refractivity contribution is 5.90. The van der Waals surface area contributed by atoms with Crippen molar-refractivity contribution in [2.45, 2.75) is 19.4 Å². The van der Waals surface area contributed by atoms with Gasteiger partial charge in [-0.25, -0.2) is 4.68 Å². The summed E-state index contributed by atoms with van der Waals surface area (Å²) in [5.74, 6) is -0.0578. The van der Waals surface area contributed by atoms with Gasteiger partial charge in [0.2, 0.25) is 5.91 Å². The fourth-order valence-electron chi connectivity index (χ4n) is 2.44. The summed E-state index contributed by atoms with van der Waals surface area (Å²) in [5, 5.41) is 16.3. The van der Waals surface area contributed by atoms with Crippen molar-refractivity contribution >= 4 is 11.6 Å². The third-order valence-corrected chi connectivity index (χ3v) is 3.69. The highest BCUT2D eigenvalue weighted by Gasteiger charge is 2.06. The molecule has 0 fully saturated rings. The molecule has 3 rings (SSSR count). The number of rotatable bonds is 6. The van der Waals surface area contributed by atoms with Gasteiger partial charge in [-0.15, -0.1) is 0 Å². The van der Waals surface area contributed by atoms with Crippen molar-refractivity contribution in [3.05, 3.63) is 78.1 Å². The second kappa shape index (κ2) is 7.57. The summed E-state index contributed by atoms with van der Waals surface area (Å²) in [6, 6.07) is 17.1. The SMILES string of the molecule is O=C(CCc1cnn(-c2ccccc2)c1)Nc1cccc(CO)c1. The summed E-state index contributed by atoms with van der Waals surface area (Å²) in [6.07, 6.45) is 4.73. The number of aliphatic hydroxyl groups excluding tert-OH is 1. The molecule has 0 aliphatic heterocycles. The average Bonchev–Trinajstić information content (AvgIpc) is 3.10. The van der Waals surface area contributed by atoms with E-state index in [9.17, 15) is 4.79 Å². The number of nitrogens with zero attached hydrogens (tertiary/aromatic N) is 2. The number of aliphatic hydroxyl groups is 1. The Kier molecular flexibility index (Phi) is 5.03. The number of nitrogens with one attached hydrogen (secondary N) is 1. The van der Waals surface area contributed by atoms with Crippen LogP contribution in [0.15, 0.2) is 67.0 Å². The van der Waals surface area contributed by atoms with Gasteiger partial charge in [-0.3, -0.25) is 4.79 Å². The van der Waals surface area contributed by atoms with Crippen molar-refractivity contribution in [3.63, 3.8) is 0 Å². The van der Waals surface area contributed by atoms with Crippen molar-refractivity contribution in [3.8, 4) is 5.69 Å². The Labute approximate surface area is 140 Å². The second-order valence-corrected chi connectivity index (χ2v) is 5.54. The van der Waals surface area contributed by atoms with Crippen LogP contribution in [0.3, 0.4) is 0 Å². The van der Waals surface area contributed by atoms with Gasteiger partial charge in [0.25, 0.3) is 0 Å². The molecule has 5 nitrogen and oxygen atoms in total. The van der Waals surface area contributed by atoms with Gasteiger partial charge < -0.3 is 10.4 Å². The predicted molar refractivity (Wildman–Crippen MR) is 92.9 cm³/mol. The molecule has 0 spiro atoms. The number of amides is 1. The van der Waals surface area contributed by atoms with Crippen molar-refractivity contribution in [2.24, 2.45) is 0 Å². The molecule has 0 atom stereocenters. The lowest BCUT2D eigenvalue weighted by Crippen LogP contribution is -2.12. The monoisotopic (exact) mass is 321 g/mol. The molecule has 122 valence electrons. The van der Waals surface area contributed by atoms with Crippen LogP contribution in [0.4, 0.5) is 5.69 Å². The lowest BCUT2D eigenvalue weighted by molar-refractivity contribution is -0.116. The Morgan fingerprint density at radius 3 is 2.71 bits per heavy atom. The van der Waals surface area contributed by atoms with E-state index in [1.807, 2.05) is 54.7 Å². The summed E-state index contributed by atoms with van der Waals surface area (Å²) in [5.41, 5.74) is 3.48. The predicted octanol–water partition coefficient (Wildman–Crippen LogP) is 2.94. The lowest BCUT2D eigenvalue weighted by atomic mass is 10.2. The van der Waals surface area contributed by atoms with E-state index < -0.39 is 0 Å². The smallest absolute Gasteiger partial charge is 0.224 e. The third kappa shape index (κ3) is 4.08. The van der Waals surface area contributed by atoms with Crippen LogP contribution in [0.5, 0.6) is 0 Å². The Morgan fingerprint density at radius 1 is 1.08 bits per heavy atom. The maximum absolute atomic E-state index is 12.1. The Hall–Kier alpha value is -2.92. The first kappa shape index (κ1) is 16.0. The molecule has 0 radical (unpaired) electrons. The van der Waals surface area contributed by atoms with E-state index in [1.54, 1.807) is 16.9 Å². The van der Waals surface area contributed by atoms with Gasteiger partial charge >= 0.3 is 0 Å². The first-order chi connectivity index (χ1) is 11.7. The van der Waals surface area contributed by atoms with Crippen LogP contribution in [-0.2, 0) is 17.8 Å². The van der Waals surface area contributed by atoms with E-state index in [0.717, 1.165) is 16.8 Å². The van der Waals surface area contributed by atoms with E-state index in [2.05, 4.69) is 10.4 Å². The summed E-state index contributed by atoms with van der Waals surface area (Å²) in [4.78, 5) is 12.1. The van der Waals surface area contributed by atoms with E-state index >= 15 is 0 Å². The van der Waals surface area contributed by atoms with E-state index in [4.69, 9.17) is 5.11 Å². The molecule has 1 heterocycles. The zero-order valence-corrected chi connectivity index (χ0v) is 13.2. The minimum absolute atomic E-state index is 0.0393. The van der Waals surface area contributed by atoms with Crippen LogP contribution in [0, 0.1) is 0 Å². The molecule has 0 saturated carbocycles. The third-order valence-electron chi connectivity index (χ3n) is 3.69. The number of anilines is 1. The normalized spacial score (nSPS) is 10.5. The number of hydrogen-bond donors (Lipinski definition) is 2. The quantitative estimate of drug-likeness (QED) is 0.733. The van der Waals surface area contributed by atoms with Crippen LogP contribution in [-0.4, -0.2) is 20.8 Å². The molecule has 1 aromatic heterocycles. The van der Waals surface area contributed by atoms with Gasteiger partial charge in [-0.2, -0.15) is 5.10 Å². The first-order valence-corrected chi connectivity index (χ1v) is 7.83. The van der Waals surface area contributed by atoms with Crippen LogP contribution in [0.25, 0.3) is 5.69 Å². The molecule has 2 N–H and O–H groups in total. The molecule has 1 amide bonds. The molecular weight excluding hydrogens is 302 g/mol. The molecule has 5 heteroatoms. The molecule has 0 unspecified atom stereocenters. The number of carbonyl (C=O) groups excluding carboxylic acids is 1. The maximum Gasteiger partial charge on any atom is 0.224 e. The number of benzene rings is 2. The van der Waals surface area contributed by atoms with Crippen LogP contribution < -0.4 is 5.32 Å². The average molecular weight is 321 g/mol. The van der Waals surface area contributed by atoms with Gasteiger partial charge in [0.05, 0.1) is 18.5 Å². The first-order valence-electron chi connectivity index (χ1n) is 7.83. The largest absolute Gasteiger partial charge is 0.392 e. The van der Waals surface area contributed by atoms with E-state index in [-0.39, 0.29) is 12.5 Å². The molecule has 0 aliphatic carbocycles. The number of para-hydroxylation sites is 1. The van der Waals surface area contributed by atoms with Crippen molar-refractivity contribution < 1.29 is 9.90 Å². The minimum atomic E-state index is -0.0578. The summed E-state index contributed by atoms with van der Waals surface area (Å²) in [7, 11) is 0. The zero-order chi connectivity index (χ0) is 16.8. The summed E-state index contributed by atoms with van der Waals surface area (Å²) >= 11 is 0. The highest BCUT2D eigenvalue weighted by Crippen LogP contribution is 2.12. The zero-order valence-electron chi connectivity index (χ0n) is 13.2. The van der Waals surface area contributed by atoms with Crippen LogP contribution in [0.1, 0.15) is 17.5 Å². The fourth-order valence-corrected chi connectivity index (χ4v) is 2.44. The van der Waals surface area contributed by atoms with Crippen molar-refractivity contribution in [1.29, 1.82) is 0 Å². The number of carbonyl (C=O) groups is 1. The Balaban J connectivity index is 1.56. The second-order valence-electron chi connectivity index (χ2n) is 5.54. The van der Waals surface area contributed by atoms with Gasteiger partial charge in [0, 0.05) is 18.3 Å². The van der Waals surface area contributed by atoms with Crippen LogP contribution in [0.2, 0.25) is 0 Å². The number of hydrogen-bond acceptors (Lipinski definition) is 3. The molecule has 0 aliphatic rings.